The molecule has 0 atom stereocenters. The predicted octanol–water partition coefficient (Wildman–Crippen LogP) is 5.72. The molecule has 0 aliphatic heterocycles. The van der Waals surface area contributed by atoms with Crippen molar-refractivity contribution in [1.29, 1.82) is 0 Å². The van der Waals surface area contributed by atoms with Gasteiger partial charge in [-0.25, -0.2) is 0 Å². The zero-order valence-corrected chi connectivity index (χ0v) is 13.6. The lowest BCUT2D eigenvalue weighted by Crippen LogP contribution is -1.97. The van der Waals surface area contributed by atoms with Crippen molar-refractivity contribution < 1.29 is 0 Å². The van der Waals surface area contributed by atoms with Gasteiger partial charge in [-0.1, -0.05) is 35.9 Å². The van der Waals surface area contributed by atoms with Crippen molar-refractivity contribution in [1.82, 2.24) is 0 Å². The maximum absolute atomic E-state index is 6.21. The summed E-state index contributed by atoms with van der Waals surface area (Å²) in [6, 6.07) is 21.9. The molecule has 0 spiro atoms. The number of hydrogen-bond donors (Lipinski definition) is 3. The van der Waals surface area contributed by atoms with E-state index in [9.17, 15) is 0 Å². The summed E-state index contributed by atoms with van der Waals surface area (Å²) in [6.45, 7) is 1.95. The summed E-state index contributed by atoms with van der Waals surface area (Å²) in [5.41, 5.74) is 11.3. The Labute approximate surface area is 141 Å². The molecule has 23 heavy (non-hydrogen) atoms. The van der Waals surface area contributed by atoms with Crippen molar-refractivity contribution in [2.24, 2.45) is 0 Å². The van der Waals surface area contributed by atoms with Crippen LogP contribution in [0.4, 0.5) is 28.4 Å². The van der Waals surface area contributed by atoms with E-state index in [4.69, 9.17) is 17.3 Å². The lowest BCUT2D eigenvalue weighted by molar-refractivity contribution is 1.43. The fraction of sp³-hybridized carbons (Fsp3) is 0.0526. The van der Waals surface area contributed by atoms with Gasteiger partial charge in [-0.3, -0.25) is 0 Å². The van der Waals surface area contributed by atoms with Gasteiger partial charge in [0.25, 0.3) is 0 Å². The highest BCUT2D eigenvalue weighted by Gasteiger charge is 2.06. The Morgan fingerprint density at radius 2 is 1.43 bits per heavy atom. The van der Waals surface area contributed by atoms with Gasteiger partial charge in [0, 0.05) is 22.7 Å². The minimum Gasteiger partial charge on any atom is -0.398 e. The van der Waals surface area contributed by atoms with Gasteiger partial charge in [0.1, 0.15) is 0 Å². The Hall–Kier alpha value is -2.65. The number of halogens is 1. The Morgan fingerprint density at radius 1 is 0.783 bits per heavy atom. The standard InChI is InChI=1S/C19H18ClN3/c1-13-18(11-10-17(21)19(13)20)23-16-9-5-8-15(12-16)22-14-6-3-2-4-7-14/h2-12,22-23H,21H2,1H3. The third-order valence-corrected chi connectivity index (χ3v) is 4.12. The minimum absolute atomic E-state index is 0.591. The highest BCUT2D eigenvalue weighted by atomic mass is 35.5. The maximum atomic E-state index is 6.21. The van der Waals surface area contributed by atoms with Gasteiger partial charge in [-0.2, -0.15) is 0 Å². The quantitative estimate of drug-likeness (QED) is 0.538. The number of nitrogen functional groups attached to an aromatic ring is 1. The van der Waals surface area contributed by atoms with Crippen molar-refractivity contribution in [3.63, 3.8) is 0 Å². The Balaban J connectivity index is 1.82. The van der Waals surface area contributed by atoms with E-state index in [1.165, 1.54) is 0 Å². The summed E-state index contributed by atoms with van der Waals surface area (Å²) in [4.78, 5) is 0. The molecule has 0 aromatic heterocycles. The molecule has 0 aliphatic carbocycles. The molecule has 0 aliphatic rings. The largest absolute Gasteiger partial charge is 0.398 e. The van der Waals surface area contributed by atoms with Gasteiger partial charge in [-0.05, 0) is 55.0 Å². The molecule has 0 amide bonds. The molecule has 3 nitrogen and oxygen atoms in total. The average molecular weight is 324 g/mol. The van der Waals surface area contributed by atoms with E-state index in [0.29, 0.717) is 10.7 Å². The van der Waals surface area contributed by atoms with Crippen LogP contribution in [0, 0.1) is 6.92 Å². The molecule has 0 fully saturated rings. The number of rotatable bonds is 4. The van der Waals surface area contributed by atoms with E-state index in [1.54, 1.807) is 0 Å². The second-order valence-electron chi connectivity index (χ2n) is 5.34. The van der Waals surface area contributed by atoms with E-state index >= 15 is 0 Å². The number of nitrogens with two attached hydrogens (primary N) is 1. The fourth-order valence-corrected chi connectivity index (χ4v) is 2.52. The van der Waals surface area contributed by atoms with Crippen LogP contribution in [-0.2, 0) is 0 Å². The lowest BCUT2D eigenvalue weighted by atomic mass is 10.1. The van der Waals surface area contributed by atoms with E-state index in [0.717, 1.165) is 28.3 Å². The van der Waals surface area contributed by atoms with Crippen LogP contribution in [-0.4, -0.2) is 0 Å². The van der Waals surface area contributed by atoms with Crippen LogP contribution >= 0.6 is 11.6 Å². The number of hydrogen-bond acceptors (Lipinski definition) is 3. The van der Waals surface area contributed by atoms with Crippen LogP contribution in [0.25, 0.3) is 0 Å². The number of para-hydroxylation sites is 1. The van der Waals surface area contributed by atoms with E-state index in [1.807, 2.05) is 67.6 Å². The van der Waals surface area contributed by atoms with Crippen LogP contribution in [0.5, 0.6) is 0 Å². The summed E-state index contributed by atoms with van der Waals surface area (Å²) < 4.78 is 0. The van der Waals surface area contributed by atoms with Crippen molar-refractivity contribution in [2.45, 2.75) is 6.92 Å². The van der Waals surface area contributed by atoms with E-state index in [-0.39, 0.29) is 0 Å². The summed E-state index contributed by atoms with van der Waals surface area (Å²) in [6.07, 6.45) is 0. The highest BCUT2D eigenvalue weighted by Crippen LogP contribution is 2.31. The Kier molecular flexibility index (Phi) is 4.40. The third-order valence-electron chi connectivity index (χ3n) is 3.62. The molecule has 3 aromatic rings. The molecule has 0 saturated heterocycles. The van der Waals surface area contributed by atoms with Crippen molar-refractivity contribution in [2.75, 3.05) is 16.4 Å². The molecular formula is C19H18ClN3. The first-order valence-electron chi connectivity index (χ1n) is 7.37. The highest BCUT2D eigenvalue weighted by molar-refractivity contribution is 6.34. The third kappa shape index (κ3) is 3.58. The molecular weight excluding hydrogens is 306 g/mol. The molecule has 0 radical (unpaired) electrons. The molecule has 0 bridgehead atoms. The van der Waals surface area contributed by atoms with Crippen LogP contribution in [0.3, 0.4) is 0 Å². The first-order chi connectivity index (χ1) is 11.1. The first kappa shape index (κ1) is 15.3. The summed E-state index contributed by atoms with van der Waals surface area (Å²) in [5.74, 6) is 0. The van der Waals surface area contributed by atoms with Crippen molar-refractivity contribution >= 4 is 40.0 Å². The molecule has 0 heterocycles. The summed E-state index contributed by atoms with van der Waals surface area (Å²) in [7, 11) is 0. The predicted molar refractivity (Wildman–Crippen MR) is 100 cm³/mol. The summed E-state index contributed by atoms with van der Waals surface area (Å²) >= 11 is 6.21. The van der Waals surface area contributed by atoms with Gasteiger partial charge in [0.05, 0.1) is 10.7 Å². The number of anilines is 5. The van der Waals surface area contributed by atoms with Crippen LogP contribution in [0.2, 0.25) is 5.02 Å². The average Bonchev–Trinajstić information content (AvgIpc) is 2.57. The second-order valence-corrected chi connectivity index (χ2v) is 5.72. The van der Waals surface area contributed by atoms with Crippen LogP contribution in [0.15, 0.2) is 66.7 Å². The topological polar surface area (TPSA) is 50.1 Å². The monoisotopic (exact) mass is 323 g/mol. The van der Waals surface area contributed by atoms with Gasteiger partial charge >= 0.3 is 0 Å². The zero-order chi connectivity index (χ0) is 16.2. The molecule has 4 heteroatoms. The van der Waals surface area contributed by atoms with Gasteiger partial charge in [-0.15, -0.1) is 0 Å². The van der Waals surface area contributed by atoms with Gasteiger partial charge in [0.15, 0.2) is 0 Å². The number of benzene rings is 3. The lowest BCUT2D eigenvalue weighted by Gasteiger charge is -2.13. The smallest absolute Gasteiger partial charge is 0.0685 e. The molecule has 4 N–H and O–H groups in total. The minimum atomic E-state index is 0.591. The number of nitrogens with one attached hydrogen (secondary N) is 2. The Morgan fingerprint density at radius 3 is 2.17 bits per heavy atom. The van der Waals surface area contributed by atoms with Gasteiger partial charge < -0.3 is 16.4 Å². The summed E-state index contributed by atoms with van der Waals surface area (Å²) in [5, 5.41) is 7.36. The molecule has 116 valence electrons. The molecule has 0 unspecified atom stereocenters. The van der Waals surface area contributed by atoms with Crippen molar-refractivity contribution in [3.05, 3.63) is 77.3 Å². The SMILES string of the molecule is Cc1c(Nc2cccc(Nc3ccccc3)c2)ccc(N)c1Cl. The van der Waals surface area contributed by atoms with Gasteiger partial charge in [0.2, 0.25) is 0 Å². The fourth-order valence-electron chi connectivity index (χ4n) is 2.36. The van der Waals surface area contributed by atoms with E-state index < -0.39 is 0 Å². The first-order valence-corrected chi connectivity index (χ1v) is 7.75. The maximum Gasteiger partial charge on any atom is 0.0685 e. The van der Waals surface area contributed by atoms with Crippen LogP contribution < -0.4 is 16.4 Å². The molecule has 0 saturated carbocycles. The second kappa shape index (κ2) is 6.63. The molecule has 3 rings (SSSR count). The van der Waals surface area contributed by atoms with E-state index in [2.05, 4.69) is 16.7 Å². The normalized spacial score (nSPS) is 10.3. The molecule has 3 aromatic carbocycles. The van der Waals surface area contributed by atoms with Crippen LogP contribution in [0.1, 0.15) is 5.56 Å². The van der Waals surface area contributed by atoms with Crippen molar-refractivity contribution in [3.8, 4) is 0 Å². The Bertz CT molecular complexity index is 816. The zero-order valence-electron chi connectivity index (χ0n) is 12.8.